The number of primary amides is 1. The standard InChI is InChI=1S/C27H37ClN4O3S/c1-27(2,3)18-32(15-11-23(29)34,14-10-19-5-4-6-21(28)17-19)16-13-30-12-9-20-7-8-22(33)24-25(20)36-26(35)31-24/h4-8,17,30H,9-16,18H2,1-3H3,(H3-,29,31,33,34,35)/p+1. The number of carbonyl (C=O) groups is 1. The molecule has 3 rings (SSSR count). The molecule has 0 saturated carbocycles. The Kier molecular flexibility index (Phi) is 9.58. The second-order valence-electron chi connectivity index (χ2n) is 10.8. The number of rotatable bonds is 13. The minimum Gasteiger partial charge on any atom is -0.506 e. The molecule has 0 bridgehead atoms. The lowest BCUT2D eigenvalue weighted by atomic mass is 9.93. The molecule has 1 atom stereocenters. The Morgan fingerprint density at radius 3 is 2.61 bits per heavy atom. The van der Waals surface area contributed by atoms with Crippen molar-refractivity contribution in [1.29, 1.82) is 0 Å². The molecule has 36 heavy (non-hydrogen) atoms. The van der Waals surface area contributed by atoms with Crippen LogP contribution in [0.5, 0.6) is 5.75 Å². The van der Waals surface area contributed by atoms with Crippen molar-refractivity contribution in [1.82, 2.24) is 10.3 Å². The summed E-state index contributed by atoms with van der Waals surface area (Å²) in [5.74, 6) is -0.178. The van der Waals surface area contributed by atoms with Gasteiger partial charge in [0, 0.05) is 23.4 Å². The van der Waals surface area contributed by atoms with Crippen LogP contribution in [0.25, 0.3) is 10.2 Å². The fourth-order valence-electron chi connectivity index (χ4n) is 4.92. The molecule has 2 aromatic carbocycles. The van der Waals surface area contributed by atoms with Crippen LogP contribution in [0.1, 0.15) is 38.3 Å². The van der Waals surface area contributed by atoms with E-state index in [1.807, 2.05) is 24.3 Å². The summed E-state index contributed by atoms with van der Waals surface area (Å²) in [6, 6.07) is 11.5. The van der Waals surface area contributed by atoms with Crippen molar-refractivity contribution in [2.24, 2.45) is 11.1 Å². The quantitative estimate of drug-likeness (QED) is 0.196. The second-order valence-corrected chi connectivity index (χ2v) is 12.2. The number of nitrogens with two attached hydrogens (primary N) is 1. The van der Waals surface area contributed by atoms with Gasteiger partial charge in [-0.15, -0.1) is 0 Å². The van der Waals surface area contributed by atoms with Gasteiger partial charge in [0.1, 0.15) is 11.3 Å². The summed E-state index contributed by atoms with van der Waals surface area (Å²) in [5.41, 5.74) is 8.37. The molecule has 7 nitrogen and oxygen atoms in total. The lowest BCUT2D eigenvalue weighted by molar-refractivity contribution is -0.931. The highest BCUT2D eigenvalue weighted by atomic mass is 35.5. The van der Waals surface area contributed by atoms with Crippen molar-refractivity contribution in [3.05, 3.63) is 62.2 Å². The van der Waals surface area contributed by atoms with Crippen LogP contribution in [-0.2, 0) is 17.6 Å². The number of fused-ring (bicyclic) bond motifs is 1. The highest BCUT2D eigenvalue weighted by Gasteiger charge is 2.32. The predicted octanol–water partition coefficient (Wildman–Crippen LogP) is 4.06. The normalized spacial score (nSPS) is 13.7. The van der Waals surface area contributed by atoms with E-state index in [0.717, 1.165) is 76.7 Å². The van der Waals surface area contributed by atoms with Gasteiger partial charge >= 0.3 is 4.87 Å². The van der Waals surface area contributed by atoms with Crippen LogP contribution in [0.4, 0.5) is 0 Å². The van der Waals surface area contributed by atoms with Crippen LogP contribution in [0.15, 0.2) is 41.2 Å². The van der Waals surface area contributed by atoms with Gasteiger partial charge in [-0.1, -0.05) is 61.9 Å². The summed E-state index contributed by atoms with van der Waals surface area (Å²) < 4.78 is 1.59. The number of hydrogen-bond donors (Lipinski definition) is 4. The Hall–Kier alpha value is -2.39. The Morgan fingerprint density at radius 1 is 1.14 bits per heavy atom. The summed E-state index contributed by atoms with van der Waals surface area (Å²) in [6.45, 7) is 11.6. The molecule has 1 aromatic heterocycles. The van der Waals surface area contributed by atoms with E-state index in [-0.39, 0.29) is 21.9 Å². The molecule has 1 unspecified atom stereocenters. The van der Waals surface area contributed by atoms with Gasteiger partial charge in [-0.2, -0.15) is 0 Å². The zero-order valence-electron chi connectivity index (χ0n) is 21.4. The van der Waals surface area contributed by atoms with Crippen molar-refractivity contribution < 1.29 is 14.4 Å². The number of halogens is 1. The number of phenols is 1. The first-order valence-corrected chi connectivity index (χ1v) is 13.6. The average molecular weight is 534 g/mol. The maximum absolute atomic E-state index is 11.8. The van der Waals surface area contributed by atoms with Crippen LogP contribution < -0.4 is 15.9 Å². The third kappa shape index (κ3) is 8.34. The molecule has 0 aliphatic rings. The van der Waals surface area contributed by atoms with E-state index in [4.69, 9.17) is 17.3 Å². The lowest BCUT2D eigenvalue weighted by Crippen LogP contribution is -2.57. The lowest BCUT2D eigenvalue weighted by Gasteiger charge is -2.43. The van der Waals surface area contributed by atoms with Crippen molar-refractivity contribution in [3.8, 4) is 5.75 Å². The molecule has 5 N–H and O–H groups in total. The number of nitrogens with zero attached hydrogens (tertiary/aromatic N) is 1. The molecule has 3 aromatic rings. The summed E-state index contributed by atoms with van der Waals surface area (Å²) >= 11 is 7.34. The molecule has 0 aliphatic heterocycles. The number of quaternary nitrogens is 1. The first-order valence-electron chi connectivity index (χ1n) is 12.4. The Balaban J connectivity index is 1.67. The number of thiazole rings is 1. The summed E-state index contributed by atoms with van der Waals surface area (Å²) in [5, 5.41) is 14.3. The van der Waals surface area contributed by atoms with Gasteiger partial charge in [0.2, 0.25) is 5.91 Å². The predicted molar refractivity (Wildman–Crippen MR) is 149 cm³/mol. The minimum atomic E-state index is -0.274. The highest BCUT2D eigenvalue weighted by molar-refractivity contribution is 7.16. The van der Waals surface area contributed by atoms with Gasteiger partial charge in [0.05, 0.1) is 37.3 Å². The van der Waals surface area contributed by atoms with Gasteiger partial charge in [-0.05, 0) is 42.3 Å². The zero-order valence-corrected chi connectivity index (χ0v) is 23.0. The number of H-pyrrole nitrogens is 1. The third-order valence-electron chi connectivity index (χ3n) is 6.38. The molecule has 9 heteroatoms. The van der Waals surface area contributed by atoms with Crippen LogP contribution in [0.3, 0.4) is 0 Å². The largest absolute Gasteiger partial charge is 0.506 e. The maximum Gasteiger partial charge on any atom is 0.305 e. The topological polar surface area (TPSA) is 108 Å². The second kappa shape index (κ2) is 12.2. The molecule has 1 amide bonds. The van der Waals surface area contributed by atoms with Gasteiger partial charge in [0.15, 0.2) is 0 Å². The SMILES string of the molecule is CC(C)(C)C[N+](CCNCCc1ccc(O)c2[nH]c(=O)sc12)(CCC(N)=O)CCc1cccc(Cl)c1. The van der Waals surface area contributed by atoms with Crippen LogP contribution >= 0.6 is 22.9 Å². The van der Waals surface area contributed by atoms with Gasteiger partial charge in [-0.3, -0.25) is 9.59 Å². The first-order chi connectivity index (χ1) is 17.0. The molecular weight excluding hydrogens is 496 g/mol. The highest BCUT2D eigenvalue weighted by Crippen LogP contribution is 2.28. The fourth-order valence-corrected chi connectivity index (χ4v) is 6.03. The summed E-state index contributed by atoms with van der Waals surface area (Å²) in [6.07, 6.45) is 1.96. The van der Waals surface area contributed by atoms with E-state index >= 15 is 0 Å². The summed E-state index contributed by atoms with van der Waals surface area (Å²) in [7, 11) is 0. The first kappa shape index (κ1) is 28.2. The van der Waals surface area contributed by atoms with Gasteiger partial charge in [0.25, 0.3) is 0 Å². The van der Waals surface area contributed by atoms with E-state index < -0.39 is 0 Å². The number of carbonyl (C=O) groups excluding carboxylic acids is 1. The molecule has 196 valence electrons. The monoisotopic (exact) mass is 533 g/mol. The zero-order chi connectivity index (χ0) is 26.3. The summed E-state index contributed by atoms with van der Waals surface area (Å²) in [4.78, 5) is 26.1. The fraction of sp³-hybridized carbons (Fsp3) is 0.481. The number of phenolic OH excluding ortho intramolecular Hbond substituents is 1. The molecule has 0 saturated heterocycles. The number of benzene rings is 2. The number of aromatic amines is 1. The Morgan fingerprint density at radius 2 is 1.92 bits per heavy atom. The Labute approximate surface area is 221 Å². The smallest absolute Gasteiger partial charge is 0.305 e. The van der Waals surface area contributed by atoms with Crippen molar-refractivity contribution in [2.45, 2.75) is 40.0 Å². The van der Waals surface area contributed by atoms with E-state index in [9.17, 15) is 14.7 Å². The number of hydrogen-bond acceptors (Lipinski definition) is 5. The minimum absolute atomic E-state index is 0.0787. The average Bonchev–Trinajstić information content (AvgIpc) is 3.19. The van der Waals surface area contributed by atoms with Crippen molar-refractivity contribution in [2.75, 3.05) is 39.3 Å². The van der Waals surface area contributed by atoms with Crippen molar-refractivity contribution in [3.63, 3.8) is 0 Å². The third-order valence-corrected chi connectivity index (χ3v) is 7.57. The van der Waals surface area contributed by atoms with Crippen LogP contribution in [0, 0.1) is 5.41 Å². The van der Waals surface area contributed by atoms with E-state index in [2.05, 4.69) is 37.1 Å². The molecular formula is C27H38ClN4O3S+. The molecule has 0 spiro atoms. The molecule has 0 aliphatic carbocycles. The van der Waals surface area contributed by atoms with E-state index in [1.165, 1.54) is 5.56 Å². The number of amides is 1. The molecule has 0 radical (unpaired) electrons. The van der Waals surface area contributed by atoms with E-state index in [1.54, 1.807) is 6.07 Å². The number of aromatic hydroxyl groups is 1. The maximum atomic E-state index is 11.8. The van der Waals surface area contributed by atoms with Gasteiger partial charge in [-0.25, -0.2) is 0 Å². The van der Waals surface area contributed by atoms with Crippen molar-refractivity contribution >= 4 is 39.1 Å². The molecule has 0 fully saturated rings. The van der Waals surface area contributed by atoms with Crippen LogP contribution in [-0.4, -0.2) is 59.7 Å². The number of nitrogens with one attached hydrogen (secondary N) is 2. The van der Waals surface area contributed by atoms with Crippen LogP contribution in [0.2, 0.25) is 5.02 Å². The van der Waals surface area contributed by atoms with E-state index in [0.29, 0.717) is 18.5 Å². The van der Waals surface area contributed by atoms with Gasteiger partial charge < -0.3 is 25.6 Å². The number of aromatic nitrogens is 1. The molecule has 1 heterocycles. The Bertz CT molecular complexity index is 1230.